The maximum absolute atomic E-state index is 13.3. The van der Waals surface area contributed by atoms with Crippen LogP contribution in [0.15, 0.2) is 30.3 Å². The normalized spacial score (nSPS) is 19.4. The first-order valence-electron chi connectivity index (χ1n) is 12.8. The summed E-state index contributed by atoms with van der Waals surface area (Å²) < 4.78 is 18.9. The molecule has 38 heavy (non-hydrogen) atoms. The molecule has 12 heteroatoms. The highest BCUT2D eigenvalue weighted by atomic mass is 16.7. The molecule has 2 aromatic carbocycles. The van der Waals surface area contributed by atoms with Crippen molar-refractivity contribution in [1.29, 1.82) is 0 Å². The first kappa shape index (κ1) is 24.6. The average molecular weight is 522 g/mol. The average Bonchev–Trinajstić information content (AvgIpc) is 3.62. The third kappa shape index (κ3) is 4.24. The van der Waals surface area contributed by atoms with E-state index in [2.05, 4.69) is 25.3 Å². The first-order valence-corrected chi connectivity index (χ1v) is 12.8. The van der Waals surface area contributed by atoms with Crippen LogP contribution >= 0.6 is 0 Å². The number of carbonyl (C=O) groups excluding carboxylic acids is 1. The quantitative estimate of drug-likeness (QED) is 0.497. The molecule has 1 aromatic heterocycles. The van der Waals surface area contributed by atoms with Gasteiger partial charge in [-0.25, -0.2) is 0 Å². The van der Waals surface area contributed by atoms with Gasteiger partial charge in [0.2, 0.25) is 12.5 Å². The van der Waals surface area contributed by atoms with Gasteiger partial charge in [0.1, 0.15) is 6.04 Å². The minimum Gasteiger partial charge on any atom is -0.492 e. The second-order valence-electron chi connectivity index (χ2n) is 9.71. The van der Waals surface area contributed by atoms with E-state index in [4.69, 9.17) is 14.2 Å². The number of aliphatic hydroxyl groups excluding tert-OH is 1. The number of carbonyl (C=O) groups is 1. The summed E-state index contributed by atoms with van der Waals surface area (Å²) in [5, 5.41) is 22.0. The Hall–Kier alpha value is -3.74. The number of fused-ring (bicyclic) bond motifs is 2. The molecule has 0 unspecified atom stereocenters. The summed E-state index contributed by atoms with van der Waals surface area (Å²) in [6.45, 7) is 4.45. The predicted molar refractivity (Wildman–Crippen MR) is 136 cm³/mol. The van der Waals surface area contributed by atoms with Crippen molar-refractivity contribution in [2.24, 2.45) is 0 Å². The van der Waals surface area contributed by atoms with Crippen LogP contribution < -0.4 is 14.2 Å². The molecule has 1 N–H and O–H groups in total. The van der Waals surface area contributed by atoms with Crippen molar-refractivity contribution < 1.29 is 24.1 Å². The van der Waals surface area contributed by atoms with Gasteiger partial charge in [0.05, 0.1) is 19.4 Å². The number of benzene rings is 2. The van der Waals surface area contributed by atoms with Crippen LogP contribution in [0, 0.1) is 0 Å². The molecule has 1 saturated heterocycles. The number of tetrazole rings is 1. The van der Waals surface area contributed by atoms with E-state index < -0.39 is 0 Å². The fourth-order valence-corrected chi connectivity index (χ4v) is 5.58. The highest BCUT2D eigenvalue weighted by Crippen LogP contribution is 2.50. The molecule has 12 nitrogen and oxygen atoms in total. The van der Waals surface area contributed by atoms with E-state index in [-0.39, 0.29) is 25.3 Å². The van der Waals surface area contributed by atoms with Gasteiger partial charge < -0.3 is 24.2 Å². The largest absolute Gasteiger partial charge is 0.492 e. The van der Waals surface area contributed by atoms with Crippen LogP contribution in [0.2, 0.25) is 0 Å². The Morgan fingerprint density at radius 3 is 2.79 bits per heavy atom. The van der Waals surface area contributed by atoms with Gasteiger partial charge in [-0.05, 0) is 53.7 Å². The zero-order valence-electron chi connectivity index (χ0n) is 21.5. The van der Waals surface area contributed by atoms with Gasteiger partial charge >= 0.3 is 0 Å². The summed E-state index contributed by atoms with van der Waals surface area (Å²) in [5.74, 6) is 2.50. The number of hydrogen-bond donors (Lipinski definition) is 1. The highest BCUT2D eigenvalue weighted by molar-refractivity contribution is 5.94. The number of β-amino-alcohol motifs (C(OH)–C–C–N with tert-alkyl or cyclic N) is 1. The molecule has 3 aliphatic rings. The molecule has 0 saturated carbocycles. The van der Waals surface area contributed by atoms with Gasteiger partial charge in [-0.1, -0.05) is 6.07 Å². The molecule has 0 bridgehead atoms. The number of ether oxygens (including phenoxy) is 3. The SMILES string of the molecule is COc1c2c(cc3c1[C@H](c1nnnn1-c1cccc(C(=O)N4CCN(CCO)CC4)c1)N(C)CC3)OCO2. The van der Waals surface area contributed by atoms with Crippen molar-refractivity contribution in [3.63, 3.8) is 0 Å². The van der Waals surface area contributed by atoms with Crippen LogP contribution in [0.3, 0.4) is 0 Å². The van der Waals surface area contributed by atoms with E-state index in [1.54, 1.807) is 11.8 Å². The van der Waals surface area contributed by atoms with Gasteiger partial charge in [-0.2, -0.15) is 4.68 Å². The second kappa shape index (κ2) is 10.2. The summed E-state index contributed by atoms with van der Waals surface area (Å²) in [6, 6.07) is 9.14. The molecule has 1 fully saturated rings. The number of nitrogens with zero attached hydrogens (tertiary/aromatic N) is 7. The van der Waals surface area contributed by atoms with E-state index in [1.807, 2.05) is 42.3 Å². The van der Waals surface area contributed by atoms with Crippen molar-refractivity contribution in [3.05, 3.63) is 52.8 Å². The van der Waals surface area contributed by atoms with Gasteiger partial charge in [0.15, 0.2) is 17.3 Å². The maximum Gasteiger partial charge on any atom is 0.254 e. The molecular formula is C26H31N7O5. The monoisotopic (exact) mass is 521 g/mol. The summed E-state index contributed by atoms with van der Waals surface area (Å²) in [5.41, 5.74) is 3.34. The Morgan fingerprint density at radius 2 is 2.00 bits per heavy atom. The Morgan fingerprint density at radius 1 is 1.16 bits per heavy atom. The lowest BCUT2D eigenvalue weighted by atomic mass is 9.90. The Labute approximate surface area is 220 Å². The first-order chi connectivity index (χ1) is 18.6. The molecular weight excluding hydrogens is 490 g/mol. The number of piperazine rings is 1. The van der Waals surface area contributed by atoms with E-state index >= 15 is 0 Å². The van der Waals surface area contributed by atoms with Crippen molar-refractivity contribution in [2.75, 3.05) is 66.8 Å². The zero-order chi connectivity index (χ0) is 26.2. The summed E-state index contributed by atoms with van der Waals surface area (Å²) in [6.07, 6.45) is 0.826. The molecule has 3 aliphatic heterocycles. The smallest absolute Gasteiger partial charge is 0.254 e. The molecule has 0 aliphatic carbocycles. The lowest BCUT2D eigenvalue weighted by Crippen LogP contribution is -2.49. The molecule has 0 spiro atoms. The minimum atomic E-state index is -0.294. The standard InChI is InChI=1S/C26H31N7O5/c1-30-7-6-17-15-20-23(38-16-37-20)24(36-2)21(17)22(30)25-27-28-29-33(25)19-5-3-4-18(14-19)26(35)32-10-8-31(9-11-32)12-13-34/h3-5,14-15,22,34H,6-13,16H2,1-2H3/t22-/m1/s1. The maximum atomic E-state index is 13.3. The number of rotatable bonds is 6. The van der Waals surface area contributed by atoms with Gasteiger partial charge in [0, 0.05) is 50.4 Å². The molecule has 6 rings (SSSR count). The van der Waals surface area contributed by atoms with Crippen molar-refractivity contribution >= 4 is 5.91 Å². The minimum absolute atomic E-state index is 0.0281. The predicted octanol–water partition coefficient (Wildman–Crippen LogP) is 0.727. The van der Waals surface area contributed by atoms with Crippen molar-refractivity contribution in [2.45, 2.75) is 12.5 Å². The van der Waals surface area contributed by atoms with Crippen LogP contribution in [0.1, 0.15) is 33.4 Å². The Kier molecular flexibility index (Phi) is 6.60. The molecule has 4 heterocycles. The molecule has 200 valence electrons. The second-order valence-corrected chi connectivity index (χ2v) is 9.71. The number of aromatic nitrogens is 4. The summed E-state index contributed by atoms with van der Waals surface area (Å²) in [4.78, 5) is 19.5. The molecule has 0 radical (unpaired) electrons. The van der Waals surface area contributed by atoms with Gasteiger partial charge in [0.25, 0.3) is 5.91 Å². The summed E-state index contributed by atoms with van der Waals surface area (Å²) in [7, 11) is 3.66. The van der Waals surface area contributed by atoms with Crippen molar-refractivity contribution in [1.82, 2.24) is 34.9 Å². The Balaban J connectivity index is 1.33. The van der Waals surface area contributed by atoms with Crippen LogP contribution in [0.25, 0.3) is 5.69 Å². The van der Waals surface area contributed by atoms with Gasteiger partial charge in [-0.3, -0.25) is 14.6 Å². The van der Waals surface area contributed by atoms with E-state index in [0.717, 1.165) is 37.2 Å². The zero-order valence-corrected chi connectivity index (χ0v) is 21.5. The van der Waals surface area contributed by atoms with Crippen LogP contribution in [-0.2, 0) is 6.42 Å². The van der Waals surface area contributed by atoms with Crippen molar-refractivity contribution in [3.8, 4) is 22.9 Å². The van der Waals surface area contributed by atoms with Crippen LogP contribution in [-0.4, -0.2) is 113 Å². The molecule has 3 aromatic rings. The number of likely N-dealkylation sites (N-methyl/N-ethyl adjacent to an activating group) is 1. The van der Waals surface area contributed by atoms with Gasteiger partial charge in [-0.15, -0.1) is 5.10 Å². The molecule has 1 amide bonds. The third-order valence-electron chi connectivity index (χ3n) is 7.55. The van der Waals surface area contributed by atoms with Crippen LogP contribution in [0.5, 0.6) is 17.2 Å². The Bertz CT molecular complexity index is 1340. The fraction of sp³-hybridized carbons (Fsp3) is 0.462. The number of hydrogen-bond acceptors (Lipinski definition) is 10. The molecule has 1 atom stereocenters. The fourth-order valence-electron chi connectivity index (χ4n) is 5.58. The van der Waals surface area contributed by atoms with E-state index in [0.29, 0.717) is 54.0 Å². The van der Waals surface area contributed by atoms with E-state index in [1.165, 1.54) is 0 Å². The third-order valence-corrected chi connectivity index (χ3v) is 7.55. The lowest BCUT2D eigenvalue weighted by Gasteiger charge is -2.35. The van der Waals surface area contributed by atoms with Crippen LogP contribution in [0.4, 0.5) is 0 Å². The summed E-state index contributed by atoms with van der Waals surface area (Å²) >= 11 is 0. The number of methoxy groups -OCH3 is 1. The lowest BCUT2D eigenvalue weighted by molar-refractivity contribution is 0.0615. The van der Waals surface area contributed by atoms with E-state index in [9.17, 15) is 9.90 Å². The number of aliphatic hydroxyl groups is 1. The topological polar surface area (TPSA) is 118 Å². The highest BCUT2D eigenvalue weighted by Gasteiger charge is 2.38. The number of amides is 1.